The summed E-state index contributed by atoms with van der Waals surface area (Å²) >= 11 is 5.89. The molecule has 20 heavy (non-hydrogen) atoms. The van der Waals surface area contributed by atoms with Crippen LogP contribution in [0.15, 0.2) is 54.6 Å². The van der Waals surface area contributed by atoms with Crippen molar-refractivity contribution in [3.8, 4) is 0 Å². The molecule has 0 heterocycles. The van der Waals surface area contributed by atoms with Crippen molar-refractivity contribution >= 4 is 17.6 Å². The molecule has 2 nitrogen and oxygen atoms in total. The second-order valence-electron chi connectivity index (χ2n) is 4.67. The second-order valence-corrected chi connectivity index (χ2v) is 5.11. The van der Waals surface area contributed by atoms with Gasteiger partial charge in [0.15, 0.2) is 0 Å². The van der Waals surface area contributed by atoms with Gasteiger partial charge in [-0.15, -0.1) is 0 Å². The van der Waals surface area contributed by atoms with E-state index in [1.54, 1.807) is 0 Å². The normalized spacial score (nSPS) is 11.9. The predicted octanol–water partition coefficient (Wildman–Crippen LogP) is 4.58. The van der Waals surface area contributed by atoms with Gasteiger partial charge in [0.1, 0.15) is 6.10 Å². The predicted molar refractivity (Wildman–Crippen MR) is 80.7 cm³/mol. The first-order chi connectivity index (χ1) is 9.65. The Kier molecular flexibility index (Phi) is 5.19. The van der Waals surface area contributed by atoms with E-state index in [-0.39, 0.29) is 12.1 Å². The Morgan fingerprint density at radius 3 is 2.35 bits per heavy atom. The first kappa shape index (κ1) is 14.6. The largest absolute Gasteiger partial charge is 0.458 e. The Balaban J connectivity index is 2.07. The molecule has 2 aromatic rings. The second kappa shape index (κ2) is 7.11. The van der Waals surface area contributed by atoms with Crippen molar-refractivity contribution in [2.75, 3.05) is 0 Å². The number of hydrogen-bond donors (Lipinski definition) is 0. The van der Waals surface area contributed by atoms with Gasteiger partial charge in [0, 0.05) is 11.9 Å². The van der Waals surface area contributed by atoms with Crippen molar-refractivity contribution in [1.82, 2.24) is 0 Å². The Morgan fingerprint density at radius 2 is 1.75 bits per heavy atom. The topological polar surface area (TPSA) is 26.3 Å². The van der Waals surface area contributed by atoms with Crippen LogP contribution in [0, 0.1) is 0 Å². The lowest BCUT2D eigenvalue weighted by Gasteiger charge is -2.17. The highest BCUT2D eigenvalue weighted by Crippen LogP contribution is 2.25. The first-order valence-corrected chi connectivity index (χ1v) is 6.99. The average molecular weight is 289 g/mol. The van der Waals surface area contributed by atoms with Crippen molar-refractivity contribution < 1.29 is 9.53 Å². The molecule has 0 aliphatic carbocycles. The molecule has 0 saturated carbocycles. The summed E-state index contributed by atoms with van der Waals surface area (Å²) in [7, 11) is 0. The van der Waals surface area contributed by atoms with Crippen LogP contribution in [0.1, 0.15) is 30.6 Å². The Morgan fingerprint density at radius 1 is 1.10 bits per heavy atom. The third-order valence-corrected chi connectivity index (χ3v) is 3.34. The van der Waals surface area contributed by atoms with Crippen molar-refractivity contribution in [3.05, 3.63) is 70.7 Å². The molecule has 104 valence electrons. The molecule has 2 rings (SSSR count). The number of aryl methyl sites for hydroxylation is 1. The van der Waals surface area contributed by atoms with Crippen molar-refractivity contribution in [2.24, 2.45) is 0 Å². The lowest BCUT2D eigenvalue weighted by molar-refractivity contribution is -0.147. The van der Waals surface area contributed by atoms with Gasteiger partial charge in [-0.05, 0) is 36.1 Å². The molecule has 2 aromatic carbocycles. The summed E-state index contributed by atoms with van der Waals surface area (Å²) in [5, 5.41) is 0.679. The molecule has 0 aromatic heterocycles. The average Bonchev–Trinajstić information content (AvgIpc) is 2.45. The molecule has 0 saturated heterocycles. The highest BCUT2D eigenvalue weighted by Gasteiger charge is 2.14. The molecule has 0 aliphatic heterocycles. The number of halogens is 1. The molecule has 0 bridgehead atoms. The molecule has 0 amide bonds. The zero-order valence-corrected chi connectivity index (χ0v) is 12.1. The summed E-state index contributed by atoms with van der Waals surface area (Å²) in [6.45, 7) is 1.44. The lowest BCUT2D eigenvalue weighted by atomic mass is 10.0. The Hall–Kier alpha value is -1.80. The third-order valence-electron chi connectivity index (χ3n) is 3.09. The van der Waals surface area contributed by atoms with Crippen LogP contribution in [-0.2, 0) is 16.0 Å². The van der Waals surface area contributed by atoms with Gasteiger partial charge < -0.3 is 4.74 Å². The molecule has 1 unspecified atom stereocenters. The van der Waals surface area contributed by atoms with Crippen LogP contribution in [0.2, 0.25) is 5.02 Å². The molecule has 0 N–H and O–H groups in total. The van der Waals surface area contributed by atoms with Crippen LogP contribution in [0.4, 0.5) is 0 Å². The van der Waals surface area contributed by atoms with E-state index in [1.807, 2.05) is 42.5 Å². The molecule has 0 spiro atoms. The molecule has 0 aliphatic rings. The van der Waals surface area contributed by atoms with E-state index < -0.39 is 0 Å². The van der Waals surface area contributed by atoms with Gasteiger partial charge in [-0.1, -0.05) is 54.1 Å². The number of hydrogen-bond acceptors (Lipinski definition) is 2. The van der Waals surface area contributed by atoms with E-state index in [2.05, 4.69) is 12.1 Å². The smallest absolute Gasteiger partial charge is 0.303 e. The summed E-state index contributed by atoms with van der Waals surface area (Å²) in [5.41, 5.74) is 2.21. The number of benzene rings is 2. The minimum atomic E-state index is -0.266. The van der Waals surface area contributed by atoms with Crippen LogP contribution in [0.25, 0.3) is 0 Å². The fourth-order valence-corrected chi connectivity index (χ4v) is 2.24. The highest BCUT2D eigenvalue weighted by atomic mass is 35.5. The monoisotopic (exact) mass is 288 g/mol. The van der Waals surface area contributed by atoms with Crippen LogP contribution in [0.5, 0.6) is 0 Å². The lowest BCUT2D eigenvalue weighted by Crippen LogP contribution is -2.09. The van der Waals surface area contributed by atoms with E-state index >= 15 is 0 Å². The minimum absolute atomic E-state index is 0.232. The number of carbonyl (C=O) groups excluding carboxylic acids is 1. The Labute approximate surface area is 124 Å². The molecular weight excluding hydrogens is 272 g/mol. The van der Waals surface area contributed by atoms with E-state index in [1.165, 1.54) is 12.5 Å². The maximum atomic E-state index is 11.3. The fourth-order valence-electron chi connectivity index (χ4n) is 2.11. The van der Waals surface area contributed by atoms with Gasteiger partial charge >= 0.3 is 5.97 Å². The van der Waals surface area contributed by atoms with Crippen LogP contribution in [-0.4, -0.2) is 5.97 Å². The summed E-state index contributed by atoms with van der Waals surface area (Å²) in [6, 6.07) is 17.6. The number of esters is 1. The number of ether oxygens (including phenoxy) is 1. The third kappa shape index (κ3) is 4.39. The number of rotatable bonds is 5. The molecule has 0 radical (unpaired) electrons. The van der Waals surface area contributed by atoms with Gasteiger partial charge in [0.2, 0.25) is 0 Å². The van der Waals surface area contributed by atoms with Crippen LogP contribution < -0.4 is 0 Å². The first-order valence-electron chi connectivity index (χ1n) is 6.62. The van der Waals surface area contributed by atoms with E-state index in [0.29, 0.717) is 5.02 Å². The quantitative estimate of drug-likeness (QED) is 0.753. The van der Waals surface area contributed by atoms with Crippen molar-refractivity contribution in [3.63, 3.8) is 0 Å². The molecule has 3 heteroatoms. The zero-order chi connectivity index (χ0) is 14.4. The van der Waals surface area contributed by atoms with E-state index in [9.17, 15) is 4.79 Å². The SMILES string of the molecule is CC(=O)OC(CCc1ccccc1)c1ccc(Cl)cc1. The van der Waals surface area contributed by atoms with E-state index in [0.717, 1.165) is 18.4 Å². The van der Waals surface area contributed by atoms with Crippen LogP contribution >= 0.6 is 11.6 Å². The molecular formula is C17H17ClO2. The number of carbonyl (C=O) groups is 1. The van der Waals surface area contributed by atoms with Gasteiger partial charge in [-0.25, -0.2) is 0 Å². The molecule has 1 atom stereocenters. The van der Waals surface area contributed by atoms with Crippen molar-refractivity contribution in [1.29, 1.82) is 0 Å². The van der Waals surface area contributed by atoms with E-state index in [4.69, 9.17) is 16.3 Å². The zero-order valence-electron chi connectivity index (χ0n) is 11.4. The van der Waals surface area contributed by atoms with Gasteiger partial charge in [0.05, 0.1) is 0 Å². The minimum Gasteiger partial charge on any atom is -0.458 e. The summed E-state index contributed by atoms with van der Waals surface area (Å²) in [5.74, 6) is -0.266. The van der Waals surface area contributed by atoms with Gasteiger partial charge in [0.25, 0.3) is 0 Å². The summed E-state index contributed by atoms with van der Waals surface area (Å²) in [4.78, 5) is 11.3. The summed E-state index contributed by atoms with van der Waals surface area (Å²) < 4.78 is 5.42. The fraction of sp³-hybridized carbons (Fsp3) is 0.235. The maximum absolute atomic E-state index is 11.3. The molecule has 0 fully saturated rings. The maximum Gasteiger partial charge on any atom is 0.303 e. The van der Waals surface area contributed by atoms with Gasteiger partial charge in [-0.2, -0.15) is 0 Å². The van der Waals surface area contributed by atoms with Gasteiger partial charge in [-0.3, -0.25) is 4.79 Å². The Bertz CT molecular complexity index is 549. The van der Waals surface area contributed by atoms with Crippen LogP contribution in [0.3, 0.4) is 0 Å². The summed E-state index contributed by atoms with van der Waals surface area (Å²) in [6.07, 6.45) is 1.39. The highest BCUT2D eigenvalue weighted by molar-refractivity contribution is 6.30. The standard InChI is InChI=1S/C17H17ClO2/c1-13(19)20-17(15-8-10-16(18)11-9-15)12-7-14-5-3-2-4-6-14/h2-6,8-11,17H,7,12H2,1H3. The van der Waals surface area contributed by atoms with Crippen molar-refractivity contribution in [2.45, 2.75) is 25.9 Å².